The lowest BCUT2D eigenvalue weighted by atomic mass is 9.52. The zero-order valence-electron chi connectivity index (χ0n) is 16.5. The maximum absolute atomic E-state index is 13.6. The molecule has 1 unspecified atom stereocenters. The van der Waals surface area contributed by atoms with Crippen LogP contribution in [0.2, 0.25) is 0 Å². The molecule has 3 aromatic rings. The summed E-state index contributed by atoms with van der Waals surface area (Å²) in [5.74, 6) is 0.313. The predicted molar refractivity (Wildman–Crippen MR) is 120 cm³/mol. The summed E-state index contributed by atoms with van der Waals surface area (Å²) in [6.45, 7) is 2.15. The third-order valence-electron chi connectivity index (χ3n) is 6.63. The fraction of sp³-hybridized carbons (Fsp3) is 0.231. The lowest BCUT2D eigenvalue weighted by Gasteiger charge is -2.50. The molecule has 0 N–H and O–H groups in total. The Bertz CT molecular complexity index is 1090. The Hall–Kier alpha value is -2.65. The summed E-state index contributed by atoms with van der Waals surface area (Å²) < 4.78 is 0. The Morgan fingerprint density at radius 1 is 0.862 bits per heavy atom. The molecule has 0 aromatic heterocycles. The second kappa shape index (κ2) is 7.00. The molecule has 0 amide bonds. The number of thioether (sulfide) groups is 1. The van der Waals surface area contributed by atoms with Crippen LogP contribution < -0.4 is 0 Å². The van der Waals surface area contributed by atoms with Gasteiger partial charge in [-0.15, -0.1) is 0 Å². The molecule has 1 spiro atoms. The Kier molecular flexibility index (Phi) is 4.44. The van der Waals surface area contributed by atoms with Gasteiger partial charge in [-0.05, 0) is 49.1 Å². The maximum atomic E-state index is 13.6. The molecule has 3 aromatic carbocycles. The molecule has 3 heteroatoms. The molecule has 5 rings (SSSR count). The SMILES string of the molecule is CC1(c2ccccc2)C(=O)CCC[C@@]12C(Sc1ccccc1)=Nc1ccccc12. The monoisotopic (exact) mass is 397 g/mol. The number of fused-ring (bicyclic) bond motifs is 2. The summed E-state index contributed by atoms with van der Waals surface area (Å²) in [4.78, 5) is 19.9. The van der Waals surface area contributed by atoms with Crippen LogP contribution in [-0.4, -0.2) is 10.8 Å². The molecule has 1 aliphatic carbocycles. The molecule has 0 radical (unpaired) electrons. The summed E-state index contributed by atoms with van der Waals surface area (Å²) >= 11 is 1.71. The van der Waals surface area contributed by atoms with Gasteiger partial charge in [0.15, 0.2) is 0 Å². The molecule has 2 nitrogen and oxygen atoms in total. The van der Waals surface area contributed by atoms with Crippen molar-refractivity contribution in [3.05, 3.63) is 96.1 Å². The number of hydrogen-bond donors (Lipinski definition) is 0. The van der Waals surface area contributed by atoms with Crippen LogP contribution in [0.25, 0.3) is 0 Å². The van der Waals surface area contributed by atoms with Gasteiger partial charge in [0.1, 0.15) is 5.78 Å². The number of ketones is 1. The molecular weight excluding hydrogens is 374 g/mol. The third kappa shape index (κ3) is 2.64. The van der Waals surface area contributed by atoms with Gasteiger partial charge in [-0.3, -0.25) is 4.79 Å². The van der Waals surface area contributed by atoms with Crippen LogP contribution >= 0.6 is 11.8 Å². The van der Waals surface area contributed by atoms with Crippen LogP contribution in [-0.2, 0) is 15.6 Å². The van der Waals surface area contributed by atoms with Crippen LogP contribution in [0.5, 0.6) is 0 Å². The van der Waals surface area contributed by atoms with Gasteiger partial charge in [-0.2, -0.15) is 0 Å². The van der Waals surface area contributed by atoms with E-state index in [2.05, 4.69) is 61.5 Å². The average molecular weight is 398 g/mol. The Balaban J connectivity index is 1.75. The van der Waals surface area contributed by atoms with Crippen molar-refractivity contribution in [1.82, 2.24) is 0 Å². The van der Waals surface area contributed by atoms with Gasteiger partial charge in [0, 0.05) is 11.3 Å². The van der Waals surface area contributed by atoms with Crippen LogP contribution in [0.15, 0.2) is 94.8 Å². The van der Waals surface area contributed by atoms with E-state index in [4.69, 9.17) is 4.99 Å². The fourth-order valence-corrected chi connectivity index (χ4v) is 6.37. The van der Waals surface area contributed by atoms with Gasteiger partial charge in [-0.1, -0.05) is 78.5 Å². The van der Waals surface area contributed by atoms with E-state index >= 15 is 0 Å². The molecular formula is C26H23NOS. The smallest absolute Gasteiger partial charge is 0.144 e. The Morgan fingerprint density at radius 3 is 2.28 bits per heavy atom. The van der Waals surface area contributed by atoms with Crippen molar-refractivity contribution in [1.29, 1.82) is 0 Å². The van der Waals surface area contributed by atoms with E-state index in [1.54, 1.807) is 11.8 Å². The number of carbonyl (C=O) groups excluding carboxylic acids is 1. The van der Waals surface area contributed by atoms with Crippen molar-refractivity contribution in [2.45, 2.75) is 41.9 Å². The van der Waals surface area contributed by atoms with Crippen molar-refractivity contribution in [2.75, 3.05) is 0 Å². The summed E-state index contributed by atoms with van der Waals surface area (Å²) in [5, 5.41) is 1.05. The molecule has 144 valence electrons. The van der Waals surface area contributed by atoms with E-state index in [-0.39, 0.29) is 0 Å². The van der Waals surface area contributed by atoms with Crippen molar-refractivity contribution in [3.8, 4) is 0 Å². The van der Waals surface area contributed by atoms with Crippen molar-refractivity contribution < 1.29 is 4.79 Å². The molecule has 1 fully saturated rings. The summed E-state index contributed by atoms with van der Waals surface area (Å²) in [6, 6.07) is 29.1. The maximum Gasteiger partial charge on any atom is 0.144 e. The standard InChI is InChI=1S/C26H23NOS/c1-25(19-11-4-2-5-12-19)23(28)17-10-18-26(25)21-15-8-9-16-22(21)27-24(26)29-20-13-6-3-7-14-20/h2-9,11-16H,10,17-18H2,1H3/t25?,26-/m1/s1. The highest BCUT2D eigenvalue weighted by Crippen LogP contribution is 2.60. The number of benzene rings is 3. The van der Waals surface area contributed by atoms with E-state index in [1.807, 2.05) is 30.3 Å². The quantitative estimate of drug-likeness (QED) is 0.496. The zero-order chi connectivity index (χ0) is 19.9. The first-order valence-corrected chi connectivity index (χ1v) is 11.0. The molecule has 29 heavy (non-hydrogen) atoms. The number of carbonyl (C=O) groups is 1. The lowest BCUT2D eigenvalue weighted by molar-refractivity contribution is -0.127. The van der Waals surface area contributed by atoms with Crippen molar-refractivity contribution in [2.24, 2.45) is 4.99 Å². The molecule has 1 saturated carbocycles. The van der Waals surface area contributed by atoms with Crippen molar-refractivity contribution >= 4 is 28.3 Å². The van der Waals surface area contributed by atoms with Crippen molar-refractivity contribution in [3.63, 3.8) is 0 Å². The van der Waals surface area contributed by atoms with Gasteiger partial charge in [0.05, 0.1) is 21.6 Å². The minimum atomic E-state index is -0.639. The number of Topliss-reactive ketones (excluding diaryl/α,β-unsaturated/α-hetero) is 1. The molecule has 2 aliphatic rings. The third-order valence-corrected chi connectivity index (χ3v) is 7.77. The Labute approximate surface area is 176 Å². The van der Waals surface area contributed by atoms with E-state index in [1.165, 1.54) is 5.56 Å². The highest BCUT2D eigenvalue weighted by atomic mass is 32.2. The highest BCUT2D eigenvalue weighted by Gasteiger charge is 2.61. The summed E-state index contributed by atoms with van der Waals surface area (Å²) in [7, 11) is 0. The van der Waals surface area contributed by atoms with Crippen LogP contribution in [0.4, 0.5) is 5.69 Å². The van der Waals surface area contributed by atoms with Gasteiger partial charge in [0.25, 0.3) is 0 Å². The van der Waals surface area contributed by atoms with E-state index < -0.39 is 10.8 Å². The topological polar surface area (TPSA) is 29.4 Å². The van der Waals surface area contributed by atoms with Gasteiger partial charge in [-0.25, -0.2) is 4.99 Å². The number of aliphatic imine (C=N–C) groups is 1. The number of rotatable bonds is 2. The van der Waals surface area contributed by atoms with Crippen LogP contribution in [0.3, 0.4) is 0 Å². The van der Waals surface area contributed by atoms with Crippen LogP contribution in [0.1, 0.15) is 37.3 Å². The average Bonchev–Trinajstić information content (AvgIpc) is 3.07. The van der Waals surface area contributed by atoms with Gasteiger partial charge in [0.2, 0.25) is 0 Å². The molecule has 0 saturated heterocycles. The number of para-hydroxylation sites is 1. The molecule has 1 heterocycles. The zero-order valence-corrected chi connectivity index (χ0v) is 17.3. The first-order valence-electron chi connectivity index (χ1n) is 10.2. The fourth-order valence-electron chi connectivity index (χ4n) is 5.12. The minimum absolute atomic E-state index is 0.313. The second-order valence-electron chi connectivity index (χ2n) is 8.02. The first kappa shape index (κ1) is 18.4. The highest BCUT2D eigenvalue weighted by molar-refractivity contribution is 8.14. The van der Waals surface area contributed by atoms with E-state index in [0.29, 0.717) is 12.2 Å². The number of nitrogens with zero attached hydrogens (tertiary/aromatic N) is 1. The lowest BCUT2D eigenvalue weighted by Crippen LogP contribution is -2.57. The number of hydrogen-bond acceptors (Lipinski definition) is 3. The summed E-state index contributed by atoms with van der Waals surface area (Å²) in [6.07, 6.45) is 2.45. The first-order chi connectivity index (χ1) is 14.2. The molecule has 0 bridgehead atoms. The van der Waals surface area contributed by atoms with Gasteiger partial charge >= 0.3 is 0 Å². The minimum Gasteiger partial charge on any atom is -0.299 e. The second-order valence-corrected chi connectivity index (χ2v) is 9.08. The van der Waals surface area contributed by atoms with Crippen LogP contribution in [0, 0.1) is 0 Å². The van der Waals surface area contributed by atoms with E-state index in [9.17, 15) is 4.79 Å². The predicted octanol–water partition coefficient (Wildman–Crippen LogP) is 6.47. The Morgan fingerprint density at radius 2 is 1.52 bits per heavy atom. The normalized spacial score (nSPS) is 25.7. The molecule has 2 atom stereocenters. The van der Waals surface area contributed by atoms with Gasteiger partial charge < -0.3 is 0 Å². The molecule has 1 aliphatic heterocycles. The van der Waals surface area contributed by atoms with E-state index in [0.717, 1.165) is 34.0 Å². The largest absolute Gasteiger partial charge is 0.299 e. The summed E-state index contributed by atoms with van der Waals surface area (Å²) in [5.41, 5.74) is 2.21.